The lowest BCUT2D eigenvalue weighted by Crippen LogP contribution is -2.31. The summed E-state index contributed by atoms with van der Waals surface area (Å²) < 4.78 is 5.05. The first-order chi connectivity index (χ1) is 12.5. The maximum Gasteiger partial charge on any atom is 0.342 e. The summed E-state index contributed by atoms with van der Waals surface area (Å²) in [6.45, 7) is 1.44. The van der Waals surface area contributed by atoms with E-state index in [2.05, 4.69) is 5.32 Å². The van der Waals surface area contributed by atoms with Crippen LogP contribution in [0, 0.1) is 0 Å². The molecule has 3 aromatic carbocycles. The molecule has 0 bridgehead atoms. The highest BCUT2D eigenvalue weighted by Gasteiger charge is 2.16. The van der Waals surface area contributed by atoms with Gasteiger partial charge in [-0.1, -0.05) is 54.6 Å². The molecule has 0 unspecified atom stereocenters. The number of carbonyl (C=O) groups is 2. The first-order valence-electron chi connectivity index (χ1n) is 8.28. The Bertz CT molecular complexity index is 937. The summed E-state index contributed by atoms with van der Waals surface area (Å²) in [7, 11) is 0. The molecule has 1 atom stereocenters. The van der Waals surface area contributed by atoms with Crippen molar-refractivity contribution in [2.75, 3.05) is 6.61 Å². The van der Waals surface area contributed by atoms with Crippen molar-refractivity contribution in [2.24, 2.45) is 0 Å². The predicted octanol–water partition coefficient (Wildman–Crippen LogP) is 3.58. The molecule has 0 heterocycles. The average molecular weight is 349 g/mol. The molecule has 1 amide bonds. The second-order valence-electron chi connectivity index (χ2n) is 5.99. The third-order valence-electron chi connectivity index (χ3n) is 4.10. The van der Waals surface area contributed by atoms with Gasteiger partial charge >= 0.3 is 5.97 Å². The first kappa shape index (κ1) is 17.5. The van der Waals surface area contributed by atoms with Crippen LogP contribution >= 0.6 is 0 Å². The van der Waals surface area contributed by atoms with Gasteiger partial charge in [0.05, 0.1) is 6.04 Å². The van der Waals surface area contributed by atoms with Crippen molar-refractivity contribution in [3.63, 3.8) is 0 Å². The number of esters is 1. The van der Waals surface area contributed by atoms with Gasteiger partial charge in [-0.3, -0.25) is 4.79 Å². The monoisotopic (exact) mass is 349 g/mol. The van der Waals surface area contributed by atoms with E-state index in [4.69, 9.17) is 4.74 Å². The molecule has 0 aliphatic heterocycles. The zero-order valence-corrected chi connectivity index (χ0v) is 14.3. The number of phenolic OH excluding ortho intramolecular Hbond substituents is 1. The number of amides is 1. The quantitative estimate of drug-likeness (QED) is 0.691. The Balaban J connectivity index is 1.62. The molecular weight excluding hydrogens is 330 g/mol. The summed E-state index contributed by atoms with van der Waals surface area (Å²) in [6, 6.07) is 19.7. The summed E-state index contributed by atoms with van der Waals surface area (Å²) in [6.07, 6.45) is 0. The van der Waals surface area contributed by atoms with E-state index in [1.807, 2.05) is 61.5 Å². The third kappa shape index (κ3) is 4.00. The van der Waals surface area contributed by atoms with Crippen LogP contribution in [0.1, 0.15) is 28.9 Å². The molecule has 0 saturated carbocycles. The highest BCUT2D eigenvalue weighted by molar-refractivity contribution is 5.99. The van der Waals surface area contributed by atoms with Crippen molar-refractivity contribution in [1.82, 2.24) is 5.32 Å². The van der Waals surface area contributed by atoms with Crippen molar-refractivity contribution in [3.05, 3.63) is 77.9 Å². The molecule has 0 aliphatic rings. The van der Waals surface area contributed by atoms with Crippen molar-refractivity contribution >= 4 is 22.6 Å². The minimum atomic E-state index is -0.740. The molecule has 3 rings (SSSR count). The lowest BCUT2D eigenvalue weighted by Gasteiger charge is -2.14. The Hall–Kier alpha value is -3.34. The Kier molecular flexibility index (Phi) is 5.17. The van der Waals surface area contributed by atoms with Gasteiger partial charge in [0.1, 0.15) is 11.3 Å². The Morgan fingerprint density at radius 2 is 1.62 bits per heavy atom. The zero-order valence-electron chi connectivity index (χ0n) is 14.3. The molecule has 0 aliphatic carbocycles. The van der Waals surface area contributed by atoms with E-state index in [0.29, 0.717) is 0 Å². The first-order valence-corrected chi connectivity index (χ1v) is 8.28. The van der Waals surface area contributed by atoms with Crippen LogP contribution in [-0.4, -0.2) is 23.6 Å². The SMILES string of the molecule is C[C@@H](NC(=O)COC(=O)c1cc2ccccc2cc1O)c1ccccc1. The topological polar surface area (TPSA) is 75.6 Å². The number of fused-ring (bicyclic) bond motifs is 1. The number of ether oxygens (including phenoxy) is 1. The average Bonchev–Trinajstić information content (AvgIpc) is 2.66. The molecule has 0 saturated heterocycles. The number of benzene rings is 3. The van der Waals surface area contributed by atoms with E-state index in [0.717, 1.165) is 16.3 Å². The lowest BCUT2D eigenvalue weighted by atomic mass is 10.1. The van der Waals surface area contributed by atoms with Gasteiger partial charge < -0.3 is 15.2 Å². The molecule has 0 spiro atoms. The van der Waals surface area contributed by atoms with Gasteiger partial charge in [0.15, 0.2) is 6.61 Å². The van der Waals surface area contributed by atoms with Crippen LogP contribution in [0.5, 0.6) is 5.75 Å². The van der Waals surface area contributed by atoms with Crippen LogP contribution < -0.4 is 5.32 Å². The van der Waals surface area contributed by atoms with Crippen molar-refractivity contribution < 1.29 is 19.4 Å². The van der Waals surface area contributed by atoms with E-state index < -0.39 is 18.5 Å². The fourth-order valence-electron chi connectivity index (χ4n) is 2.71. The predicted molar refractivity (Wildman–Crippen MR) is 98.9 cm³/mol. The van der Waals surface area contributed by atoms with Crippen LogP contribution in [-0.2, 0) is 9.53 Å². The maximum atomic E-state index is 12.2. The molecule has 132 valence electrons. The summed E-state index contributed by atoms with van der Waals surface area (Å²) in [5.74, 6) is -1.32. The van der Waals surface area contributed by atoms with E-state index in [9.17, 15) is 14.7 Å². The van der Waals surface area contributed by atoms with Crippen LogP contribution in [0.25, 0.3) is 10.8 Å². The highest BCUT2D eigenvalue weighted by Crippen LogP contribution is 2.25. The second kappa shape index (κ2) is 7.70. The zero-order chi connectivity index (χ0) is 18.5. The van der Waals surface area contributed by atoms with E-state index in [-0.39, 0.29) is 17.4 Å². The molecule has 5 nitrogen and oxygen atoms in total. The summed E-state index contributed by atoms with van der Waals surface area (Å²) in [4.78, 5) is 24.2. The van der Waals surface area contributed by atoms with E-state index in [1.54, 1.807) is 6.07 Å². The van der Waals surface area contributed by atoms with Crippen LogP contribution in [0.15, 0.2) is 66.7 Å². The van der Waals surface area contributed by atoms with Crippen molar-refractivity contribution in [3.8, 4) is 5.75 Å². The smallest absolute Gasteiger partial charge is 0.342 e. The summed E-state index contributed by atoms with van der Waals surface area (Å²) >= 11 is 0. The van der Waals surface area contributed by atoms with Crippen molar-refractivity contribution in [2.45, 2.75) is 13.0 Å². The van der Waals surface area contributed by atoms with E-state index in [1.165, 1.54) is 6.07 Å². The molecule has 26 heavy (non-hydrogen) atoms. The summed E-state index contributed by atoms with van der Waals surface area (Å²) in [5.41, 5.74) is 0.993. The maximum absolute atomic E-state index is 12.2. The minimum absolute atomic E-state index is 0.0348. The van der Waals surface area contributed by atoms with Crippen LogP contribution in [0.2, 0.25) is 0 Å². The minimum Gasteiger partial charge on any atom is -0.507 e. The molecule has 5 heteroatoms. The normalized spacial score (nSPS) is 11.7. The molecule has 0 aromatic heterocycles. The second-order valence-corrected chi connectivity index (χ2v) is 5.99. The van der Waals surface area contributed by atoms with Gasteiger partial charge in [0.25, 0.3) is 5.91 Å². The van der Waals surface area contributed by atoms with Crippen molar-refractivity contribution in [1.29, 1.82) is 0 Å². The Morgan fingerprint density at radius 1 is 1.00 bits per heavy atom. The van der Waals surface area contributed by atoms with Gasteiger partial charge in [-0.15, -0.1) is 0 Å². The molecule has 0 fully saturated rings. The fraction of sp³-hybridized carbons (Fsp3) is 0.143. The van der Waals surface area contributed by atoms with Gasteiger partial charge in [0.2, 0.25) is 0 Å². The fourth-order valence-corrected chi connectivity index (χ4v) is 2.71. The molecule has 0 radical (unpaired) electrons. The Labute approximate surface area is 151 Å². The van der Waals surface area contributed by atoms with E-state index >= 15 is 0 Å². The molecule has 2 N–H and O–H groups in total. The molecule has 3 aromatic rings. The number of hydrogen-bond donors (Lipinski definition) is 2. The lowest BCUT2D eigenvalue weighted by molar-refractivity contribution is -0.124. The number of rotatable bonds is 5. The Morgan fingerprint density at radius 3 is 2.31 bits per heavy atom. The van der Waals surface area contributed by atoms with Crippen LogP contribution in [0.3, 0.4) is 0 Å². The number of hydrogen-bond acceptors (Lipinski definition) is 4. The van der Waals surface area contributed by atoms with Crippen LogP contribution in [0.4, 0.5) is 0 Å². The van der Waals surface area contributed by atoms with Gasteiger partial charge in [-0.25, -0.2) is 4.79 Å². The highest BCUT2D eigenvalue weighted by atomic mass is 16.5. The number of phenols is 1. The molecular formula is C21H19NO4. The van der Waals surface area contributed by atoms with Gasteiger partial charge in [-0.05, 0) is 35.4 Å². The standard InChI is InChI=1S/C21H19NO4/c1-14(15-7-3-2-4-8-15)22-20(24)13-26-21(25)18-11-16-9-5-6-10-17(16)12-19(18)23/h2-12,14,23H,13H2,1H3,(H,22,24)/t14-/m1/s1. The number of nitrogens with one attached hydrogen (secondary N) is 1. The number of carbonyl (C=O) groups excluding carboxylic acids is 2. The summed E-state index contributed by atoms with van der Waals surface area (Å²) in [5, 5.41) is 14.4. The van der Waals surface area contributed by atoms with Gasteiger partial charge in [-0.2, -0.15) is 0 Å². The largest absolute Gasteiger partial charge is 0.507 e. The third-order valence-corrected chi connectivity index (χ3v) is 4.10. The number of aromatic hydroxyl groups is 1. The van der Waals surface area contributed by atoms with Gasteiger partial charge in [0, 0.05) is 0 Å².